The molecule has 14 heavy (non-hydrogen) atoms. The number of nitrogens with zero attached hydrogens (tertiary/aromatic N) is 1. The minimum absolute atomic E-state index is 0.146. The van der Waals surface area contributed by atoms with Crippen molar-refractivity contribution in [3.63, 3.8) is 0 Å². The Labute approximate surface area is 89.9 Å². The van der Waals surface area contributed by atoms with Gasteiger partial charge in [0.25, 0.3) is 5.91 Å². The van der Waals surface area contributed by atoms with Crippen LogP contribution in [0, 0.1) is 0 Å². The van der Waals surface area contributed by atoms with Crippen molar-refractivity contribution in [3.8, 4) is 0 Å². The first-order valence-corrected chi connectivity index (χ1v) is 6.09. The number of hydrogen-bond donors (Lipinski definition) is 1. The fourth-order valence-electron chi connectivity index (χ4n) is 1.49. The van der Waals surface area contributed by atoms with Crippen LogP contribution in [0.4, 0.5) is 0 Å². The molecule has 0 bridgehead atoms. The summed E-state index contributed by atoms with van der Waals surface area (Å²) in [6, 6.07) is 0. The van der Waals surface area contributed by atoms with Crippen LogP contribution >= 0.6 is 11.8 Å². The third kappa shape index (κ3) is 3.17. The van der Waals surface area contributed by atoms with E-state index in [-0.39, 0.29) is 5.91 Å². The van der Waals surface area contributed by atoms with Crippen LogP contribution in [0.1, 0.15) is 27.2 Å². The lowest BCUT2D eigenvalue weighted by atomic mass is 10.1. The summed E-state index contributed by atoms with van der Waals surface area (Å²) in [4.78, 5) is 13.5. The van der Waals surface area contributed by atoms with E-state index in [1.54, 1.807) is 18.7 Å². The Morgan fingerprint density at radius 1 is 1.50 bits per heavy atom. The lowest BCUT2D eigenvalue weighted by molar-refractivity contribution is -0.147. The molecule has 1 rings (SSSR count). The van der Waals surface area contributed by atoms with E-state index < -0.39 is 5.60 Å². The molecule has 3 nitrogen and oxygen atoms in total. The molecule has 0 saturated carbocycles. The van der Waals surface area contributed by atoms with E-state index in [0.29, 0.717) is 5.25 Å². The molecule has 0 radical (unpaired) electrons. The first-order valence-electron chi connectivity index (χ1n) is 5.04. The molecule has 1 unspecified atom stereocenters. The Morgan fingerprint density at radius 3 is 2.71 bits per heavy atom. The zero-order valence-corrected chi connectivity index (χ0v) is 9.93. The van der Waals surface area contributed by atoms with Gasteiger partial charge in [-0.25, -0.2) is 0 Å². The number of thioether (sulfide) groups is 1. The van der Waals surface area contributed by atoms with E-state index in [2.05, 4.69) is 6.92 Å². The van der Waals surface area contributed by atoms with Gasteiger partial charge in [0, 0.05) is 24.1 Å². The molecule has 1 saturated heterocycles. The largest absolute Gasteiger partial charge is 0.381 e. The van der Waals surface area contributed by atoms with Gasteiger partial charge in [-0.3, -0.25) is 4.79 Å². The molecule has 0 aromatic rings. The molecule has 1 heterocycles. The van der Waals surface area contributed by atoms with Crippen molar-refractivity contribution in [2.75, 3.05) is 18.8 Å². The van der Waals surface area contributed by atoms with E-state index in [1.165, 1.54) is 0 Å². The maximum Gasteiger partial charge on any atom is 0.253 e. The second-order valence-corrected chi connectivity index (χ2v) is 5.87. The normalized spacial score (nSPS) is 24.6. The summed E-state index contributed by atoms with van der Waals surface area (Å²) >= 11 is 1.90. The van der Waals surface area contributed by atoms with Gasteiger partial charge in [-0.05, 0) is 20.3 Å². The van der Waals surface area contributed by atoms with Crippen LogP contribution in [0.25, 0.3) is 0 Å². The highest BCUT2D eigenvalue weighted by atomic mass is 32.2. The standard InChI is InChI=1S/C10H19NO2S/c1-8-4-5-11(6-7-14-8)9(12)10(2,3)13/h8,13H,4-7H2,1-3H3. The van der Waals surface area contributed by atoms with Gasteiger partial charge in [0.1, 0.15) is 5.60 Å². The highest BCUT2D eigenvalue weighted by molar-refractivity contribution is 7.99. The summed E-state index contributed by atoms with van der Waals surface area (Å²) in [6.07, 6.45) is 1.02. The predicted octanol–water partition coefficient (Wildman–Crippen LogP) is 1.11. The highest BCUT2D eigenvalue weighted by Crippen LogP contribution is 2.20. The fraction of sp³-hybridized carbons (Fsp3) is 0.900. The molecule has 82 valence electrons. The van der Waals surface area contributed by atoms with E-state index in [9.17, 15) is 9.90 Å². The minimum Gasteiger partial charge on any atom is -0.381 e. The Kier molecular flexibility index (Phi) is 3.84. The average Bonchev–Trinajstić information content (AvgIpc) is 2.27. The number of hydrogen-bond acceptors (Lipinski definition) is 3. The van der Waals surface area contributed by atoms with E-state index >= 15 is 0 Å². The fourth-order valence-corrected chi connectivity index (χ4v) is 2.49. The maximum absolute atomic E-state index is 11.7. The topological polar surface area (TPSA) is 40.5 Å². The van der Waals surface area contributed by atoms with Crippen LogP contribution < -0.4 is 0 Å². The molecule has 0 aromatic heterocycles. The molecule has 1 aliphatic heterocycles. The van der Waals surface area contributed by atoms with Crippen LogP contribution in [-0.2, 0) is 4.79 Å². The van der Waals surface area contributed by atoms with Gasteiger partial charge in [-0.15, -0.1) is 0 Å². The third-order valence-electron chi connectivity index (χ3n) is 2.38. The molecule has 1 atom stereocenters. The van der Waals surface area contributed by atoms with Crippen molar-refractivity contribution in [1.29, 1.82) is 0 Å². The molecule has 4 heteroatoms. The zero-order chi connectivity index (χ0) is 10.8. The van der Waals surface area contributed by atoms with Gasteiger partial charge < -0.3 is 10.0 Å². The quantitative estimate of drug-likeness (QED) is 0.715. The summed E-state index contributed by atoms with van der Waals surface area (Å²) in [5, 5.41) is 10.2. The highest BCUT2D eigenvalue weighted by Gasteiger charge is 2.30. The molecule has 1 fully saturated rings. The summed E-state index contributed by atoms with van der Waals surface area (Å²) < 4.78 is 0. The van der Waals surface area contributed by atoms with E-state index in [1.807, 2.05) is 11.8 Å². The van der Waals surface area contributed by atoms with Gasteiger partial charge >= 0.3 is 0 Å². The van der Waals surface area contributed by atoms with Crippen LogP contribution in [0.2, 0.25) is 0 Å². The summed E-state index contributed by atoms with van der Waals surface area (Å²) in [6.45, 7) is 6.82. The van der Waals surface area contributed by atoms with Crippen molar-refractivity contribution in [1.82, 2.24) is 4.90 Å². The SMILES string of the molecule is CC1CCN(C(=O)C(C)(C)O)CCS1. The Hall–Kier alpha value is -0.220. The van der Waals surface area contributed by atoms with Crippen molar-refractivity contribution in [2.24, 2.45) is 0 Å². The van der Waals surface area contributed by atoms with Crippen LogP contribution in [-0.4, -0.2) is 45.6 Å². The van der Waals surface area contributed by atoms with Crippen LogP contribution in [0.3, 0.4) is 0 Å². The molecular formula is C10H19NO2S. The number of carbonyl (C=O) groups is 1. The number of carbonyl (C=O) groups excluding carboxylic acids is 1. The molecular weight excluding hydrogens is 198 g/mol. The van der Waals surface area contributed by atoms with Crippen molar-refractivity contribution >= 4 is 17.7 Å². The van der Waals surface area contributed by atoms with Gasteiger partial charge in [0.2, 0.25) is 0 Å². The lowest BCUT2D eigenvalue weighted by Crippen LogP contribution is -2.46. The van der Waals surface area contributed by atoms with Crippen molar-refractivity contribution in [2.45, 2.75) is 38.0 Å². The summed E-state index contributed by atoms with van der Waals surface area (Å²) in [7, 11) is 0. The van der Waals surface area contributed by atoms with Crippen molar-refractivity contribution in [3.05, 3.63) is 0 Å². The molecule has 1 amide bonds. The Morgan fingerprint density at radius 2 is 2.14 bits per heavy atom. The zero-order valence-electron chi connectivity index (χ0n) is 9.12. The van der Waals surface area contributed by atoms with Crippen LogP contribution in [0.5, 0.6) is 0 Å². The van der Waals surface area contributed by atoms with E-state index in [0.717, 1.165) is 25.3 Å². The Bertz CT molecular complexity index is 213. The molecule has 0 aromatic carbocycles. The predicted molar refractivity (Wildman–Crippen MR) is 59.4 cm³/mol. The first kappa shape index (κ1) is 11.9. The minimum atomic E-state index is -1.22. The number of rotatable bonds is 1. The first-order chi connectivity index (χ1) is 6.41. The summed E-state index contributed by atoms with van der Waals surface area (Å²) in [5.41, 5.74) is -1.22. The van der Waals surface area contributed by atoms with E-state index in [4.69, 9.17) is 0 Å². The summed E-state index contributed by atoms with van der Waals surface area (Å²) in [5.74, 6) is 0.829. The Balaban J connectivity index is 2.56. The van der Waals surface area contributed by atoms with Crippen molar-refractivity contribution < 1.29 is 9.90 Å². The van der Waals surface area contributed by atoms with Gasteiger partial charge in [0.05, 0.1) is 0 Å². The van der Waals surface area contributed by atoms with Gasteiger partial charge in [-0.1, -0.05) is 6.92 Å². The van der Waals surface area contributed by atoms with Gasteiger partial charge in [-0.2, -0.15) is 11.8 Å². The van der Waals surface area contributed by atoms with Crippen LogP contribution in [0.15, 0.2) is 0 Å². The second-order valence-electron chi connectivity index (χ2n) is 4.32. The molecule has 0 spiro atoms. The lowest BCUT2D eigenvalue weighted by Gasteiger charge is -2.27. The molecule has 0 aliphatic carbocycles. The maximum atomic E-state index is 11.7. The average molecular weight is 217 g/mol. The smallest absolute Gasteiger partial charge is 0.253 e. The monoisotopic (exact) mass is 217 g/mol. The number of amides is 1. The number of aliphatic hydroxyl groups is 1. The van der Waals surface area contributed by atoms with Gasteiger partial charge in [0.15, 0.2) is 0 Å². The second kappa shape index (κ2) is 4.53. The third-order valence-corrected chi connectivity index (χ3v) is 3.60. The molecule has 1 aliphatic rings. The molecule has 1 N–H and O–H groups in total.